The number of anilines is 2. The maximum absolute atomic E-state index is 15.3. The molecule has 1 N–H and O–H groups in total. The molecule has 0 aliphatic carbocycles. The highest BCUT2D eigenvalue weighted by Gasteiger charge is 2.44. The number of benzene rings is 2. The highest BCUT2D eigenvalue weighted by molar-refractivity contribution is 6.33. The summed E-state index contributed by atoms with van der Waals surface area (Å²) < 4.78 is 32.6. The first-order valence-electron chi connectivity index (χ1n) is 11.7. The molecule has 0 radical (unpaired) electrons. The van der Waals surface area contributed by atoms with Gasteiger partial charge in [-0.3, -0.25) is 0 Å². The molecule has 2 atom stereocenters. The van der Waals surface area contributed by atoms with Crippen LogP contribution in [0.15, 0.2) is 48.8 Å². The van der Waals surface area contributed by atoms with Gasteiger partial charge in [0.2, 0.25) is 5.82 Å². The van der Waals surface area contributed by atoms with Crippen LogP contribution < -0.4 is 14.8 Å². The van der Waals surface area contributed by atoms with Crippen molar-refractivity contribution in [1.82, 2.24) is 14.9 Å². The smallest absolute Gasteiger partial charge is 0.415 e. The summed E-state index contributed by atoms with van der Waals surface area (Å²) in [5, 5.41) is 12.1. The maximum atomic E-state index is 15.3. The standard InChI is InChI=1S/C26H23ClFN5O4/c1-15-2-5-19(6-3-15)36-26(34)33-10-17-12-35-13-18(11-33)23(17)37-25-22(28)24(30-14-31-25)32-21-7-4-16(9-29)8-20(21)27/h2-8,14,17-18,23H,10-13H2,1H3,(H,30,31,32). The third kappa shape index (κ3) is 5.43. The van der Waals surface area contributed by atoms with Gasteiger partial charge in [0.05, 0.1) is 35.6 Å². The van der Waals surface area contributed by atoms with Crippen molar-refractivity contribution >= 4 is 29.2 Å². The third-order valence-electron chi connectivity index (χ3n) is 6.34. The van der Waals surface area contributed by atoms with E-state index in [2.05, 4.69) is 15.3 Å². The van der Waals surface area contributed by atoms with Gasteiger partial charge in [-0.25, -0.2) is 9.78 Å². The minimum Gasteiger partial charge on any atom is -0.471 e. The number of rotatable bonds is 5. The van der Waals surface area contributed by atoms with Gasteiger partial charge >= 0.3 is 6.09 Å². The molecule has 3 aromatic rings. The highest BCUT2D eigenvalue weighted by atomic mass is 35.5. The van der Waals surface area contributed by atoms with Crippen LogP contribution in [0.3, 0.4) is 0 Å². The van der Waals surface area contributed by atoms with E-state index >= 15 is 4.39 Å². The van der Waals surface area contributed by atoms with Gasteiger partial charge < -0.3 is 24.4 Å². The maximum Gasteiger partial charge on any atom is 0.415 e. The minimum absolute atomic E-state index is 0.114. The Morgan fingerprint density at radius 2 is 1.92 bits per heavy atom. The quantitative estimate of drug-likeness (QED) is 0.511. The molecule has 190 valence electrons. The molecule has 2 aliphatic rings. The van der Waals surface area contributed by atoms with Crippen molar-refractivity contribution in [3.05, 3.63) is 70.8 Å². The molecule has 0 saturated carbocycles. The Morgan fingerprint density at radius 1 is 1.19 bits per heavy atom. The fraction of sp³-hybridized carbons (Fsp3) is 0.308. The van der Waals surface area contributed by atoms with Gasteiger partial charge in [-0.15, -0.1) is 0 Å². The Labute approximate surface area is 217 Å². The first-order chi connectivity index (χ1) is 17.9. The number of nitrogens with one attached hydrogen (secondary N) is 1. The number of likely N-dealkylation sites (tertiary alicyclic amines) is 1. The number of nitrogens with zero attached hydrogens (tertiary/aromatic N) is 4. The van der Waals surface area contributed by atoms with E-state index in [9.17, 15) is 4.79 Å². The number of hydrogen-bond acceptors (Lipinski definition) is 8. The monoisotopic (exact) mass is 523 g/mol. The average Bonchev–Trinajstić information content (AvgIpc) is 2.88. The van der Waals surface area contributed by atoms with Gasteiger partial charge in [0.25, 0.3) is 5.88 Å². The minimum atomic E-state index is -0.775. The number of halogens is 2. The summed E-state index contributed by atoms with van der Waals surface area (Å²) >= 11 is 6.20. The van der Waals surface area contributed by atoms with Crippen molar-refractivity contribution in [2.45, 2.75) is 13.0 Å². The zero-order valence-electron chi connectivity index (χ0n) is 19.9. The topological polar surface area (TPSA) is 110 Å². The number of ether oxygens (including phenoxy) is 3. The third-order valence-corrected chi connectivity index (χ3v) is 6.66. The van der Waals surface area contributed by atoms with Crippen molar-refractivity contribution < 1.29 is 23.4 Å². The van der Waals surface area contributed by atoms with E-state index in [1.807, 2.05) is 25.1 Å². The van der Waals surface area contributed by atoms with Crippen LogP contribution in [0.1, 0.15) is 11.1 Å². The molecule has 2 saturated heterocycles. The number of carbonyl (C=O) groups is 1. The lowest BCUT2D eigenvalue weighted by atomic mass is 9.84. The number of nitriles is 1. The molecule has 2 unspecified atom stereocenters. The van der Waals surface area contributed by atoms with Gasteiger partial charge in [-0.2, -0.15) is 14.6 Å². The number of aryl methyl sites for hydroxylation is 1. The lowest BCUT2D eigenvalue weighted by Gasteiger charge is -2.45. The molecule has 2 fully saturated rings. The van der Waals surface area contributed by atoms with Crippen molar-refractivity contribution in [1.29, 1.82) is 5.26 Å². The van der Waals surface area contributed by atoms with Gasteiger partial charge in [0.15, 0.2) is 5.82 Å². The van der Waals surface area contributed by atoms with E-state index in [4.69, 9.17) is 31.1 Å². The second-order valence-corrected chi connectivity index (χ2v) is 9.41. The summed E-state index contributed by atoms with van der Waals surface area (Å²) in [6, 6.07) is 13.8. The molecule has 2 aromatic carbocycles. The number of amides is 1. The number of carbonyl (C=O) groups excluding carboxylic acids is 1. The summed E-state index contributed by atoms with van der Waals surface area (Å²) in [7, 11) is 0. The Morgan fingerprint density at radius 3 is 2.59 bits per heavy atom. The second-order valence-electron chi connectivity index (χ2n) is 9.00. The van der Waals surface area contributed by atoms with Crippen molar-refractivity contribution in [2.75, 3.05) is 31.6 Å². The summed E-state index contributed by atoms with van der Waals surface area (Å²) in [5.41, 5.74) is 1.83. The Hall–Kier alpha value is -3.94. The molecule has 0 spiro atoms. The zero-order valence-corrected chi connectivity index (χ0v) is 20.6. The normalized spacial score (nSPS) is 20.6. The predicted octanol–water partition coefficient (Wildman–Crippen LogP) is 4.72. The summed E-state index contributed by atoms with van der Waals surface area (Å²) in [4.78, 5) is 22.4. The fourth-order valence-corrected chi connectivity index (χ4v) is 4.71. The van der Waals surface area contributed by atoms with E-state index < -0.39 is 18.0 Å². The second kappa shape index (κ2) is 10.6. The first-order valence-corrected chi connectivity index (χ1v) is 12.0. The van der Waals surface area contributed by atoms with Crippen molar-refractivity contribution in [3.8, 4) is 17.7 Å². The lowest BCUT2D eigenvalue weighted by molar-refractivity contribution is -0.108. The SMILES string of the molecule is Cc1ccc(OC(=O)N2CC3COCC(C2)C3Oc2ncnc(Nc3ccc(C#N)cc3Cl)c2F)cc1. The first kappa shape index (κ1) is 24.7. The van der Waals surface area contributed by atoms with Crippen LogP contribution in [0, 0.1) is 35.9 Å². The molecule has 2 bridgehead atoms. The summed E-state index contributed by atoms with van der Waals surface area (Å²) in [6.07, 6.45) is 0.338. The van der Waals surface area contributed by atoms with Crippen LogP contribution in [-0.2, 0) is 4.74 Å². The molecular weight excluding hydrogens is 501 g/mol. The Balaban J connectivity index is 1.28. The molecule has 37 heavy (non-hydrogen) atoms. The van der Waals surface area contributed by atoms with Crippen molar-refractivity contribution in [2.24, 2.45) is 11.8 Å². The van der Waals surface area contributed by atoms with Crippen molar-refractivity contribution in [3.63, 3.8) is 0 Å². The van der Waals surface area contributed by atoms with Crippen LogP contribution in [-0.4, -0.2) is 53.4 Å². The fourth-order valence-electron chi connectivity index (χ4n) is 4.48. The van der Waals surface area contributed by atoms with Crippen LogP contribution in [0.4, 0.5) is 20.7 Å². The molecule has 1 aromatic heterocycles. The molecular formula is C26H23ClFN5O4. The number of fused-ring (bicyclic) bond motifs is 2. The lowest BCUT2D eigenvalue weighted by Crippen LogP contribution is -2.59. The molecule has 2 aliphatic heterocycles. The molecule has 3 heterocycles. The van der Waals surface area contributed by atoms with Gasteiger partial charge in [0.1, 0.15) is 18.2 Å². The van der Waals surface area contributed by atoms with E-state index in [0.29, 0.717) is 43.3 Å². The van der Waals surface area contributed by atoms with Gasteiger partial charge in [-0.1, -0.05) is 29.3 Å². The summed E-state index contributed by atoms with van der Waals surface area (Å²) in [5.74, 6) is -1.02. The van der Waals surface area contributed by atoms with E-state index in [-0.39, 0.29) is 28.6 Å². The highest BCUT2D eigenvalue weighted by Crippen LogP contribution is 2.34. The largest absolute Gasteiger partial charge is 0.471 e. The van der Waals surface area contributed by atoms with Gasteiger partial charge in [-0.05, 0) is 37.3 Å². The van der Waals surface area contributed by atoms with E-state index in [0.717, 1.165) is 5.56 Å². The summed E-state index contributed by atoms with van der Waals surface area (Å²) in [6.45, 7) is 3.34. The molecule has 9 nitrogen and oxygen atoms in total. The van der Waals surface area contributed by atoms with Gasteiger partial charge in [0, 0.05) is 24.9 Å². The molecule has 1 amide bonds. The Bertz CT molecular complexity index is 1340. The molecule has 11 heteroatoms. The zero-order chi connectivity index (χ0) is 25.9. The Kier molecular flexibility index (Phi) is 7.08. The van der Waals surface area contributed by atoms with Crippen LogP contribution in [0.5, 0.6) is 11.6 Å². The molecule has 5 rings (SSSR count). The van der Waals surface area contributed by atoms with Crippen LogP contribution in [0.2, 0.25) is 5.02 Å². The predicted molar refractivity (Wildman–Crippen MR) is 132 cm³/mol. The number of piperidine rings is 1. The van der Waals surface area contributed by atoms with Crippen LogP contribution in [0.25, 0.3) is 0 Å². The van der Waals surface area contributed by atoms with E-state index in [1.54, 1.807) is 29.2 Å². The average molecular weight is 524 g/mol. The number of aromatic nitrogens is 2. The van der Waals surface area contributed by atoms with E-state index in [1.165, 1.54) is 12.4 Å². The van der Waals surface area contributed by atoms with Crippen LogP contribution >= 0.6 is 11.6 Å². The number of hydrogen-bond donors (Lipinski definition) is 1.